The third kappa shape index (κ3) is 16.9. The van der Waals surface area contributed by atoms with Crippen LogP contribution < -0.4 is 8.37 Å². The Morgan fingerprint density at radius 1 is 0.671 bits per heavy atom. The minimum atomic E-state index is -3.80. The molecule has 4 aliphatic heterocycles. The number of nitrogens with zero attached hydrogens (tertiary/aromatic N) is 9. The summed E-state index contributed by atoms with van der Waals surface area (Å²) in [5.74, 6) is -0.0108. The van der Waals surface area contributed by atoms with Gasteiger partial charge in [-0.25, -0.2) is 45.1 Å². The Kier molecular flexibility index (Phi) is 21.4. The zero-order chi connectivity index (χ0) is 61.5. The summed E-state index contributed by atoms with van der Waals surface area (Å²) in [7, 11) is -7.53. The predicted octanol–water partition coefficient (Wildman–Crippen LogP) is 11.7. The second-order valence-corrected chi connectivity index (χ2v) is 25.2. The van der Waals surface area contributed by atoms with Crippen molar-refractivity contribution in [2.45, 2.75) is 94.8 Å². The highest BCUT2D eigenvalue weighted by atomic mass is 35.5. The van der Waals surface area contributed by atoms with Crippen molar-refractivity contribution in [2.75, 3.05) is 44.6 Å². The van der Waals surface area contributed by atoms with Gasteiger partial charge in [-0.05, 0) is 62.1 Å². The maximum atomic E-state index is 13.3. The van der Waals surface area contributed by atoms with Crippen LogP contribution in [-0.4, -0.2) is 124 Å². The van der Waals surface area contributed by atoms with Gasteiger partial charge in [-0.2, -0.15) is 27.0 Å². The lowest BCUT2D eigenvalue weighted by Gasteiger charge is -2.31. The van der Waals surface area contributed by atoms with E-state index < -0.39 is 93.4 Å². The van der Waals surface area contributed by atoms with E-state index in [1.165, 1.54) is 28.4 Å². The molecule has 0 radical (unpaired) electrons. The molecule has 10 rings (SSSR count). The first-order valence-electron chi connectivity index (χ1n) is 25.3. The number of oxime groups is 2. The number of hydrogen-bond donors (Lipinski definition) is 1. The molecule has 4 aliphatic rings. The highest BCUT2D eigenvalue weighted by Crippen LogP contribution is 2.43. The summed E-state index contributed by atoms with van der Waals surface area (Å²) in [6.45, 7) is 1.47. The van der Waals surface area contributed by atoms with Crippen molar-refractivity contribution < 1.29 is 79.6 Å². The molecule has 6 aromatic rings. The molecule has 2 aromatic carbocycles. The molecule has 2 unspecified atom stereocenters. The molecule has 460 valence electrons. The SMILES string of the molecule is CS(=O)(=O)Oc1cccc(Cl)c1C1CC(c2csc(C3CCN(C(=O)CCl)CC3)n2)=NO1.CS(=O)(=O)Oc1cccc(Cl)c1C1CC(c2csc(C3CCN(C(=O)Cn4nc(C(F)F)cc4C(F)F)CC3)n2)=NO1.FC(F)c1cc(C(F)F)[nH]n1. The van der Waals surface area contributed by atoms with Crippen LogP contribution in [-0.2, 0) is 46.0 Å². The second-order valence-electron chi connectivity index (χ2n) is 19.2. The van der Waals surface area contributed by atoms with Crippen molar-refractivity contribution >= 4 is 101 Å². The van der Waals surface area contributed by atoms with E-state index in [0.29, 0.717) is 95.5 Å². The number of aromatic nitrogens is 6. The fraction of sp³-hybridized carbons (Fsp3) is 0.440. The Balaban J connectivity index is 0.000000192. The summed E-state index contributed by atoms with van der Waals surface area (Å²) in [4.78, 5) is 48.4. The maximum Gasteiger partial charge on any atom is 0.306 e. The Labute approximate surface area is 503 Å². The van der Waals surface area contributed by atoms with Crippen LogP contribution in [0.1, 0.15) is 144 Å². The Bertz CT molecular complexity index is 3610. The number of H-pyrrole nitrogens is 1. The maximum absolute atomic E-state index is 13.3. The van der Waals surface area contributed by atoms with Crippen molar-refractivity contribution in [3.8, 4) is 11.5 Å². The molecule has 0 saturated carbocycles. The highest BCUT2D eigenvalue weighted by molar-refractivity contribution is 7.86. The van der Waals surface area contributed by atoms with Crippen LogP contribution in [0.4, 0.5) is 35.1 Å². The van der Waals surface area contributed by atoms with E-state index in [4.69, 9.17) is 62.8 Å². The molecule has 2 amide bonds. The molecule has 20 nitrogen and oxygen atoms in total. The molecular weight excluding hydrogens is 1290 g/mol. The highest BCUT2D eigenvalue weighted by Gasteiger charge is 2.35. The van der Waals surface area contributed by atoms with Gasteiger partial charge in [0.05, 0.1) is 55.1 Å². The Morgan fingerprint density at radius 2 is 1.13 bits per heavy atom. The Morgan fingerprint density at radius 3 is 1.52 bits per heavy atom. The number of carbonyl (C=O) groups is 2. The van der Waals surface area contributed by atoms with E-state index in [9.17, 15) is 61.5 Å². The molecule has 85 heavy (non-hydrogen) atoms. The molecule has 35 heteroatoms. The van der Waals surface area contributed by atoms with Crippen molar-refractivity contribution in [1.29, 1.82) is 0 Å². The number of rotatable bonds is 17. The lowest BCUT2D eigenvalue weighted by molar-refractivity contribution is -0.133. The van der Waals surface area contributed by atoms with Gasteiger partial charge in [0.1, 0.15) is 46.6 Å². The van der Waals surface area contributed by atoms with E-state index in [2.05, 4.69) is 20.5 Å². The summed E-state index contributed by atoms with van der Waals surface area (Å²) in [6, 6.07) is 10.7. The van der Waals surface area contributed by atoms with Gasteiger partial charge >= 0.3 is 20.2 Å². The summed E-state index contributed by atoms with van der Waals surface area (Å²) < 4.78 is 157. The van der Waals surface area contributed by atoms with Gasteiger partial charge in [-0.1, -0.05) is 45.6 Å². The van der Waals surface area contributed by atoms with E-state index >= 15 is 0 Å². The number of hydrogen-bond acceptors (Lipinski definition) is 18. The summed E-state index contributed by atoms with van der Waals surface area (Å²) >= 11 is 21.3. The number of benzene rings is 2. The standard InChI is InChI=1S/C25H24ClF4N5O5S2.C20H21Cl2N3O5S2.C5H4F4N2/c1-42(37,38)40-19-4-2-3-14(26)22(19)20-10-15(33-39-20)17-12-41-25(31-17)13-5-7-34(8-6-13)21(36)11-35-18(24(29)30)9-16(32-35)23(27)28;1-32(27,28)30-16-4-2-3-13(22)19(16)17-9-14(24-29-17)15-11-31-20(23-15)12-5-7-25(8-6-12)18(26)10-21;6-4(7)2-1-3(5(8)9)11-10-2/h2-4,9,12-13,20,23-24H,5-8,10-11H2,1H3;2-4,11-12,17H,5-10H2,1H3;1,4-5H,(H,10,11). The van der Waals surface area contributed by atoms with Gasteiger partial charge in [0.15, 0.2) is 23.7 Å². The largest absolute Gasteiger partial charge is 0.387 e. The minimum absolute atomic E-state index is 0.00935. The Hall–Kier alpha value is -6.19. The smallest absolute Gasteiger partial charge is 0.306 e. The molecule has 0 bridgehead atoms. The second kappa shape index (κ2) is 28.1. The molecule has 2 fully saturated rings. The van der Waals surface area contributed by atoms with Crippen LogP contribution in [0.25, 0.3) is 0 Å². The number of halogens is 11. The minimum Gasteiger partial charge on any atom is -0.387 e. The molecule has 0 spiro atoms. The zero-order valence-corrected chi connectivity index (χ0v) is 49.8. The molecule has 1 N–H and O–H groups in total. The lowest BCUT2D eigenvalue weighted by atomic mass is 9.97. The van der Waals surface area contributed by atoms with Gasteiger partial charge in [-0.15, -0.1) is 34.3 Å². The van der Waals surface area contributed by atoms with Crippen LogP contribution >= 0.6 is 57.5 Å². The van der Waals surface area contributed by atoms with Crippen molar-refractivity contribution in [3.63, 3.8) is 0 Å². The van der Waals surface area contributed by atoms with Gasteiger partial charge in [-0.3, -0.25) is 19.4 Å². The van der Waals surface area contributed by atoms with Gasteiger partial charge in [0.25, 0.3) is 25.7 Å². The number of amides is 2. The van der Waals surface area contributed by atoms with Crippen molar-refractivity contribution in [3.05, 3.63) is 125 Å². The lowest BCUT2D eigenvalue weighted by Crippen LogP contribution is -2.40. The van der Waals surface area contributed by atoms with Crippen LogP contribution in [0.3, 0.4) is 0 Å². The first kappa shape index (κ1) is 64.8. The summed E-state index contributed by atoms with van der Waals surface area (Å²) in [5, 5.41) is 22.8. The van der Waals surface area contributed by atoms with E-state index in [1.54, 1.807) is 45.6 Å². The van der Waals surface area contributed by atoms with Gasteiger partial charge in [0.2, 0.25) is 11.8 Å². The number of likely N-dealkylation sites (tertiary alicyclic amines) is 2. The normalized spacial score (nSPS) is 17.8. The quantitative estimate of drug-likeness (QED) is 0.0507. The van der Waals surface area contributed by atoms with E-state index in [-0.39, 0.29) is 46.6 Å². The summed E-state index contributed by atoms with van der Waals surface area (Å²) in [6.07, 6.45) is -7.52. The molecule has 0 aliphatic carbocycles. The third-order valence-corrected chi connectivity index (χ3v) is 17.1. The number of aromatic amines is 1. The van der Waals surface area contributed by atoms with Crippen LogP contribution in [0.2, 0.25) is 10.0 Å². The van der Waals surface area contributed by atoms with Crippen LogP contribution in [0.15, 0.2) is 69.6 Å². The molecular formula is C50H49Cl3F8N10O10S4. The molecule has 4 aromatic heterocycles. The zero-order valence-electron chi connectivity index (χ0n) is 44.3. The first-order chi connectivity index (χ1) is 40.2. The van der Waals surface area contributed by atoms with Gasteiger partial charge < -0.3 is 27.8 Å². The van der Waals surface area contributed by atoms with Gasteiger partial charge in [0, 0.05) is 61.6 Å². The molecule has 2 saturated heterocycles. The topological polar surface area (TPSA) is 243 Å². The average Bonchev–Trinajstić information content (AvgIpc) is 4.54. The fourth-order valence-corrected chi connectivity index (χ4v) is 12.9. The number of nitrogens with one attached hydrogen (secondary N) is 1. The van der Waals surface area contributed by atoms with Crippen LogP contribution in [0, 0.1) is 0 Å². The summed E-state index contributed by atoms with van der Waals surface area (Å²) in [5.41, 5.74) is 0.581. The third-order valence-electron chi connectivity index (χ3n) is 13.3. The number of alkyl halides is 9. The number of thiazole rings is 2. The van der Waals surface area contributed by atoms with Crippen LogP contribution in [0.5, 0.6) is 11.5 Å². The monoisotopic (exact) mass is 1330 g/mol. The predicted molar refractivity (Wildman–Crippen MR) is 297 cm³/mol. The van der Waals surface area contributed by atoms with E-state index in [0.717, 1.165) is 41.1 Å². The first-order valence-corrected chi connectivity index (χ1v) is 32.0. The van der Waals surface area contributed by atoms with E-state index in [1.807, 2.05) is 10.8 Å². The van der Waals surface area contributed by atoms with Crippen molar-refractivity contribution in [1.82, 2.24) is 39.7 Å². The number of piperidine rings is 2. The van der Waals surface area contributed by atoms with Crippen molar-refractivity contribution in [2.24, 2.45) is 10.3 Å². The fourth-order valence-electron chi connectivity index (χ4n) is 9.22. The molecule has 8 heterocycles. The average molecular weight is 1340 g/mol. The molecule has 2 atom stereocenters. The number of carbonyl (C=O) groups excluding carboxylic acids is 2.